The average Bonchev–Trinajstić information content (AvgIpc) is 2.42. The lowest BCUT2D eigenvalue weighted by Gasteiger charge is -2.13. The van der Waals surface area contributed by atoms with Gasteiger partial charge >= 0.3 is 12.2 Å². The molecule has 22 heavy (non-hydrogen) atoms. The van der Waals surface area contributed by atoms with Crippen molar-refractivity contribution in [2.45, 2.75) is 25.7 Å². The largest absolute Gasteiger partial charge is 0.484 e. The second-order valence-electron chi connectivity index (χ2n) is 4.50. The van der Waals surface area contributed by atoms with E-state index in [1.165, 1.54) is 31.2 Å². The van der Waals surface area contributed by atoms with Gasteiger partial charge in [0.15, 0.2) is 6.61 Å². The van der Waals surface area contributed by atoms with E-state index in [0.29, 0.717) is 5.56 Å². The van der Waals surface area contributed by atoms with Crippen LogP contribution in [0.2, 0.25) is 0 Å². The van der Waals surface area contributed by atoms with Crippen molar-refractivity contribution in [1.82, 2.24) is 10.6 Å². The van der Waals surface area contributed by atoms with Crippen LogP contribution in [0, 0.1) is 0 Å². The molecule has 0 spiro atoms. The molecular formula is C13H16F3N3O3. The van der Waals surface area contributed by atoms with E-state index in [9.17, 15) is 22.8 Å². The fourth-order valence-electron chi connectivity index (χ4n) is 1.49. The van der Waals surface area contributed by atoms with E-state index in [2.05, 4.69) is 15.4 Å². The number of alkyl halides is 3. The van der Waals surface area contributed by atoms with Crippen LogP contribution in [0.1, 0.15) is 12.5 Å². The molecule has 1 atom stereocenters. The van der Waals surface area contributed by atoms with Gasteiger partial charge in [0.2, 0.25) is 5.91 Å². The Labute approximate surface area is 124 Å². The van der Waals surface area contributed by atoms with Gasteiger partial charge in [-0.3, -0.25) is 4.79 Å². The highest BCUT2D eigenvalue weighted by atomic mass is 19.4. The number of urea groups is 1. The number of amides is 3. The molecule has 1 aromatic carbocycles. The third-order valence-electron chi connectivity index (χ3n) is 2.54. The summed E-state index contributed by atoms with van der Waals surface area (Å²) in [5.41, 5.74) is 5.56. The van der Waals surface area contributed by atoms with Crippen molar-refractivity contribution in [3.8, 4) is 5.75 Å². The Hall–Kier alpha value is -2.45. The van der Waals surface area contributed by atoms with Gasteiger partial charge in [0, 0.05) is 6.54 Å². The number of carbonyl (C=O) groups is 2. The maximum absolute atomic E-state index is 12.0. The number of nitrogens with two attached hydrogens (primary N) is 1. The number of primary amides is 1. The summed E-state index contributed by atoms with van der Waals surface area (Å²) in [7, 11) is 0. The van der Waals surface area contributed by atoms with Crippen molar-refractivity contribution >= 4 is 11.9 Å². The van der Waals surface area contributed by atoms with E-state index in [-0.39, 0.29) is 12.3 Å². The molecule has 9 heteroatoms. The van der Waals surface area contributed by atoms with E-state index >= 15 is 0 Å². The van der Waals surface area contributed by atoms with E-state index in [1.807, 2.05) is 0 Å². The van der Waals surface area contributed by atoms with Crippen LogP contribution in [0.3, 0.4) is 0 Å². The Balaban J connectivity index is 2.44. The first-order chi connectivity index (χ1) is 10.2. The van der Waals surface area contributed by atoms with Gasteiger partial charge in [0.05, 0.1) is 0 Å². The lowest BCUT2D eigenvalue weighted by Crippen LogP contribution is -2.46. The van der Waals surface area contributed by atoms with Crippen LogP contribution in [-0.2, 0) is 11.3 Å². The van der Waals surface area contributed by atoms with Gasteiger partial charge in [0.25, 0.3) is 0 Å². The van der Waals surface area contributed by atoms with Gasteiger partial charge in [-0.25, -0.2) is 4.79 Å². The molecule has 0 heterocycles. The third kappa shape index (κ3) is 6.82. The molecule has 0 fully saturated rings. The van der Waals surface area contributed by atoms with E-state index in [0.717, 1.165) is 0 Å². The molecule has 3 amide bonds. The van der Waals surface area contributed by atoms with Gasteiger partial charge in [-0.15, -0.1) is 0 Å². The molecule has 0 saturated heterocycles. The number of hydrogen-bond acceptors (Lipinski definition) is 3. The summed E-state index contributed by atoms with van der Waals surface area (Å²) in [6, 6.07) is 4.20. The Kier molecular flexibility index (Phi) is 6.02. The van der Waals surface area contributed by atoms with Crippen LogP contribution in [-0.4, -0.2) is 30.8 Å². The molecule has 0 radical (unpaired) electrons. The number of halogens is 3. The Bertz CT molecular complexity index is 518. The topological polar surface area (TPSA) is 93.5 Å². The van der Waals surface area contributed by atoms with Crippen LogP contribution in [0.5, 0.6) is 5.75 Å². The van der Waals surface area contributed by atoms with Crippen LogP contribution in [0.25, 0.3) is 0 Å². The smallest absolute Gasteiger partial charge is 0.422 e. The van der Waals surface area contributed by atoms with Crippen LogP contribution in [0.15, 0.2) is 24.3 Å². The van der Waals surface area contributed by atoms with Crippen molar-refractivity contribution in [3.63, 3.8) is 0 Å². The van der Waals surface area contributed by atoms with E-state index in [4.69, 9.17) is 5.73 Å². The number of ether oxygens (including phenoxy) is 1. The summed E-state index contributed by atoms with van der Waals surface area (Å²) < 4.78 is 40.5. The Morgan fingerprint density at radius 2 is 1.86 bits per heavy atom. The van der Waals surface area contributed by atoms with E-state index < -0.39 is 30.8 Å². The van der Waals surface area contributed by atoms with Crippen molar-refractivity contribution in [2.24, 2.45) is 5.73 Å². The molecule has 0 aliphatic rings. The SMILES string of the molecule is CC(NC(N)=O)C(=O)NCc1ccc(OCC(F)(F)F)cc1. The Morgan fingerprint density at radius 3 is 2.36 bits per heavy atom. The zero-order valence-electron chi connectivity index (χ0n) is 11.7. The summed E-state index contributed by atoms with van der Waals surface area (Å²) in [6.07, 6.45) is -4.39. The predicted octanol–water partition coefficient (Wildman–Crippen LogP) is 1.30. The quantitative estimate of drug-likeness (QED) is 0.738. The first-order valence-corrected chi connectivity index (χ1v) is 6.29. The number of carbonyl (C=O) groups excluding carboxylic acids is 2. The molecule has 0 aliphatic carbocycles. The molecule has 0 bridgehead atoms. The first-order valence-electron chi connectivity index (χ1n) is 6.29. The van der Waals surface area contributed by atoms with Crippen molar-refractivity contribution in [3.05, 3.63) is 29.8 Å². The number of benzene rings is 1. The molecule has 1 unspecified atom stereocenters. The lowest BCUT2D eigenvalue weighted by molar-refractivity contribution is -0.153. The minimum Gasteiger partial charge on any atom is -0.484 e. The van der Waals surface area contributed by atoms with Gasteiger partial charge in [-0.2, -0.15) is 13.2 Å². The van der Waals surface area contributed by atoms with Crippen LogP contribution in [0.4, 0.5) is 18.0 Å². The van der Waals surface area contributed by atoms with E-state index in [1.54, 1.807) is 0 Å². The van der Waals surface area contributed by atoms with Gasteiger partial charge in [-0.05, 0) is 24.6 Å². The zero-order chi connectivity index (χ0) is 16.8. The molecular weight excluding hydrogens is 303 g/mol. The molecule has 0 saturated carbocycles. The molecule has 1 rings (SSSR count). The lowest BCUT2D eigenvalue weighted by atomic mass is 10.2. The standard InChI is InChI=1S/C13H16F3N3O3/c1-8(19-12(17)21)11(20)18-6-9-2-4-10(5-3-9)22-7-13(14,15)16/h2-5,8H,6-7H2,1H3,(H,18,20)(H3,17,19,21). The minimum atomic E-state index is -4.39. The second kappa shape index (κ2) is 7.53. The normalized spacial score (nSPS) is 12.4. The van der Waals surface area contributed by atoms with Crippen LogP contribution < -0.4 is 21.1 Å². The summed E-state index contributed by atoms with van der Waals surface area (Å²) in [5.74, 6) is -0.354. The molecule has 122 valence electrons. The summed E-state index contributed by atoms with van der Waals surface area (Å²) >= 11 is 0. The molecule has 4 N–H and O–H groups in total. The summed E-state index contributed by atoms with van der Waals surface area (Å²) in [4.78, 5) is 22.2. The van der Waals surface area contributed by atoms with Gasteiger partial charge in [0.1, 0.15) is 11.8 Å². The van der Waals surface area contributed by atoms with Gasteiger partial charge < -0.3 is 21.1 Å². The molecule has 0 aliphatic heterocycles. The highest BCUT2D eigenvalue weighted by Gasteiger charge is 2.28. The molecule has 0 aromatic heterocycles. The van der Waals surface area contributed by atoms with Gasteiger partial charge in [-0.1, -0.05) is 12.1 Å². The van der Waals surface area contributed by atoms with Crippen molar-refractivity contribution in [2.75, 3.05) is 6.61 Å². The fourth-order valence-corrected chi connectivity index (χ4v) is 1.49. The summed E-state index contributed by atoms with van der Waals surface area (Å²) in [5, 5.41) is 4.77. The maximum Gasteiger partial charge on any atom is 0.422 e. The van der Waals surface area contributed by atoms with Crippen molar-refractivity contribution in [1.29, 1.82) is 0 Å². The van der Waals surface area contributed by atoms with Crippen LogP contribution >= 0.6 is 0 Å². The second-order valence-corrected chi connectivity index (χ2v) is 4.50. The number of hydrogen-bond donors (Lipinski definition) is 3. The first kappa shape index (κ1) is 17.6. The number of nitrogens with one attached hydrogen (secondary N) is 2. The highest BCUT2D eigenvalue weighted by Crippen LogP contribution is 2.18. The predicted molar refractivity (Wildman–Crippen MR) is 72.0 cm³/mol. The average molecular weight is 319 g/mol. The summed E-state index contributed by atoms with van der Waals surface area (Å²) in [6.45, 7) is 0.261. The van der Waals surface area contributed by atoms with Crippen molar-refractivity contribution < 1.29 is 27.5 Å². The minimum absolute atomic E-state index is 0.0798. The Morgan fingerprint density at radius 1 is 1.27 bits per heavy atom. The third-order valence-corrected chi connectivity index (χ3v) is 2.54. The monoisotopic (exact) mass is 319 g/mol. The fraction of sp³-hybridized carbons (Fsp3) is 0.385. The zero-order valence-corrected chi connectivity index (χ0v) is 11.7. The maximum atomic E-state index is 12.0. The molecule has 1 aromatic rings. The number of rotatable bonds is 6. The molecule has 6 nitrogen and oxygen atoms in total. The highest BCUT2D eigenvalue weighted by molar-refractivity contribution is 5.86.